The number of anilines is 1. The largest absolute Gasteiger partial charge is 0.462 e. The molecule has 8 nitrogen and oxygen atoms in total. The maximum absolute atomic E-state index is 13.1. The van der Waals surface area contributed by atoms with E-state index in [0.717, 1.165) is 11.1 Å². The Balaban J connectivity index is 1.40. The van der Waals surface area contributed by atoms with E-state index in [9.17, 15) is 4.79 Å². The van der Waals surface area contributed by atoms with Crippen molar-refractivity contribution < 1.29 is 14.3 Å². The van der Waals surface area contributed by atoms with E-state index >= 15 is 0 Å². The molecule has 1 atom stereocenters. The lowest BCUT2D eigenvalue weighted by molar-refractivity contribution is -0.117. The lowest BCUT2D eigenvalue weighted by Gasteiger charge is -2.17. The van der Waals surface area contributed by atoms with Crippen molar-refractivity contribution in [3.8, 4) is 22.8 Å². The number of benzene rings is 1. The normalized spacial score (nSPS) is 13.3. The number of carbonyl (C=O) groups is 1. The highest BCUT2D eigenvalue weighted by Crippen LogP contribution is 2.27. The van der Waals surface area contributed by atoms with E-state index in [1.54, 1.807) is 30.9 Å². The first-order valence-electron chi connectivity index (χ1n) is 11.2. The summed E-state index contributed by atoms with van der Waals surface area (Å²) >= 11 is 0. The van der Waals surface area contributed by atoms with E-state index in [4.69, 9.17) is 9.47 Å². The van der Waals surface area contributed by atoms with Gasteiger partial charge < -0.3 is 14.8 Å². The van der Waals surface area contributed by atoms with Crippen LogP contribution in [0, 0.1) is 5.92 Å². The molecule has 0 saturated carbocycles. The maximum atomic E-state index is 13.1. The van der Waals surface area contributed by atoms with Gasteiger partial charge in [-0.3, -0.25) is 14.8 Å². The van der Waals surface area contributed by atoms with Crippen LogP contribution in [0.4, 0.5) is 5.82 Å². The van der Waals surface area contributed by atoms with Crippen LogP contribution in [0.25, 0.3) is 22.8 Å². The molecule has 4 aromatic rings. The Bertz CT molecular complexity index is 1260. The maximum Gasteiger partial charge on any atom is 0.229 e. The predicted molar refractivity (Wildman–Crippen MR) is 130 cm³/mol. The average Bonchev–Trinajstić information content (AvgIpc) is 3.45. The monoisotopic (exact) mass is 465 g/mol. The number of ether oxygens (including phenoxy) is 2. The number of nitrogens with zero attached hydrogens (tertiary/aromatic N) is 4. The van der Waals surface area contributed by atoms with Gasteiger partial charge in [0, 0.05) is 42.6 Å². The zero-order valence-corrected chi connectivity index (χ0v) is 18.9. The Hall–Kier alpha value is -4.59. The van der Waals surface area contributed by atoms with Gasteiger partial charge in [0.05, 0.1) is 5.69 Å². The van der Waals surface area contributed by atoms with Crippen molar-refractivity contribution in [3.05, 3.63) is 103 Å². The Morgan fingerprint density at radius 3 is 2.60 bits per heavy atom. The predicted octanol–water partition coefficient (Wildman–Crippen LogP) is 4.63. The minimum absolute atomic E-state index is 0.163. The summed E-state index contributed by atoms with van der Waals surface area (Å²) in [5, 5.41) is 2.94. The van der Waals surface area contributed by atoms with Gasteiger partial charge in [0.25, 0.3) is 0 Å². The molecule has 0 fully saturated rings. The number of aromatic nitrogens is 4. The van der Waals surface area contributed by atoms with E-state index in [1.165, 1.54) is 0 Å². The molecule has 8 heteroatoms. The van der Waals surface area contributed by atoms with Gasteiger partial charge in [-0.2, -0.15) is 0 Å². The van der Waals surface area contributed by atoms with Crippen LogP contribution in [0.15, 0.2) is 97.3 Å². The Labute approximate surface area is 202 Å². The number of nitrogens with one attached hydrogen (secondary N) is 1. The van der Waals surface area contributed by atoms with E-state index < -0.39 is 0 Å². The van der Waals surface area contributed by atoms with E-state index in [-0.39, 0.29) is 25.0 Å². The van der Waals surface area contributed by atoms with E-state index in [0.29, 0.717) is 35.2 Å². The minimum atomic E-state index is -0.190. The van der Waals surface area contributed by atoms with Crippen LogP contribution in [-0.2, 0) is 20.7 Å². The molecular weight excluding hydrogens is 442 g/mol. The highest BCUT2D eigenvalue weighted by molar-refractivity contribution is 5.91. The van der Waals surface area contributed by atoms with Crippen molar-refractivity contribution in [1.82, 2.24) is 19.9 Å². The fraction of sp³-hybridized carbons (Fsp3) is 0.148. The number of carbonyl (C=O) groups excluding carboxylic acids is 1. The first-order chi connectivity index (χ1) is 17.2. The van der Waals surface area contributed by atoms with Crippen molar-refractivity contribution >= 4 is 11.7 Å². The summed E-state index contributed by atoms with van der Waals surface area (Å²) in [4.78, 5) is 30.9. The number of hydrogen-bond donors (Lipinski definition) is 1. The summed E-state index contributed by atoms with van der Waals surface area (Å²) in [6.45, 7) is 0.163. The smallest absolute Gasteiger partial charge is 0.229 e. The minimum Gasteiger partial charge on any atom is -0.462 e. The number of amides is 1. The molecule has 0 spiro atoms. The average molecular weight is 466 g/mol. The fourth-order valence-electron chi connectivity index (χ4n) is 3.84. The summed E-state index contributed by atoms with van der Waals surface area (Å²) < 4.78 is 10.9. The Morgan fingerprint density at radius 1 is 0.971 bits per heavy atom. The number of allylic oxidation sites excluding steroid dienone is 1. The van der Waals surface area contributed by atoms with E-state index in [1.807, 2.05) is 60.7 Å². The number of rotatable bonds is 8. The third-order valence-electron chi connectivity index (χ3n) is 5.50. The zero-order chi connectivity index (χ0) is 23.9. The van der Waals surface area contributed by atoms with Crippen molar-refractivity contribution in [1.29, 1.82) is 0 Å². The molecule has 1 unspecified atom stereocenters. The Kier molecular flexibility index (Phi) is 6.70. The molecule has 174 valence electrons. The van der Waals surface area contributed by atoms with Gasteiger partial charge in [0.2, 0.25) is 12.7 Å². The highest BCUT2D eigenvalue weighted by Gasteiger charge is 2.24. The topological polar surface area (TPSA) is 99.1 Å². The van der Waals surface area contributed by atoms with Crippen LogP contribution >= 0.6 is 0 Å². The van der Waals surface area contributed by atoms with Crippen molar-refractivity contribution in [3.63, 3.8) is 0 Å². The SMILES string of the molecule is O=C(CC(Cc1ccccc1)C1=COCO1)Nc1cc(-c2cccnc2)nc(-c2ccccn2)n1. The third-order valence-corrected chi connectivity index (χ3v) is 5.50. The molecule has 1 N–H and O–H groups in total. The molecule has 35 heavy (non-hydrogen) atoms. The second kappa shape index (κ2) is 10.6. The van der Waals surface area contributed by atoms with Crippen molar-refractivity contribution in [2.45, 2.75) is 12.8 Å². The molecule has 3 aromatic heterocycles. The van der Waals surface area contributed by atoms with Gasteiger partial charge in [-0.1, -0.05) is 36.4 Å². The summed E-state index contributed by atoms with van der Waals surface area (Å²) in [5.41, 5.74) is 3.17. The lowest BCUT2D eigenvalue weighted by atomic mass is 9.94. The molecule has 5 rings (SSSR count). The molecule has 1 aliphatic rings. The third kappa shape index (κ3) is 5.67. The zero-order valence-electron chi connectivity index (χ0n) is 18.9. The van der Waals surface area contributed by atoms with Gasteiger partial charge >= 0.3 is 0 Å². The highest BCUT2D eigenvalue weighted by atomic mass is 16.7. The van der Waals surface area contributed by atoms with Crippen LogP contribution in [0.1, 0.15) is 12.0 Å². The summed E-state index contributed by atoms with van der Waals surface area (Å²) in [7, 11) is 0. The van der Waals surface area contributed by atoms with Crippen molar-refractivity contribution in [2.24, 2.45) is 5.92 Å². The summed E-state index contributed by atoms with van der Waals surface area (Å²) in [6.07, 6.45) is 7.53. The second-order valence-electron chi connectivity index (χ2n) is 8.01. The van der Waals surface area contributed by atoms with Gasteiger partial charge in [0.15, 0.2) is 5.82 Å². The molecule has 1 amide bonds. The fourth-order valence-corrected chi connectivity index (χ4v) is 3.84. The summed E-state index contributed by atoms with van der Waals surface area (Å²) in [5.74, 6) is 1.11. The van der Waals surface area contributed by atoms with Gasteiger partial charge in [-0.05, 0) is 36.2 Å². The Morgan fingerprint density at radius 2 is 1.86 bits per heavy atom. The van der Waals surface area contributed by atoms with E-state index in [2.05, 4.69) is 25.3 Å². The lowest BCUT2D eigenvalue weighted by Crippen LogP contribution is -2.20. The quantitative estimate of drug-likeness (QED) is 0.405. The first-order valence-corrected chi connectivity index (χ1v) is 11.2. The molecule has 1 aliphatic heterocycles. The van der Waals surface area contributed by atoms with Crippen LogP contribution in [0.2, 0.25) is 0 Å². The molecular formula is C27H23N5O3. The summed E-state index contributed by atoms with van der Waals surface area (Å²) in [6, 6.07) is 21.0. The van der Waals surface area contributed by atoms with Crippen LogP contribution in [0.3, 0.4) is 0 Å². The van der Waals surface area contributed by atoms with Crippen LogP contribution in [-0.4, -0.2) is 32.6 Å². The van der Waals surface area contributed by atoms with Gasteiger partial charge in [-0.15, -0.1) is 0 Å². The van der Waals surface area contributed by atoms with Gasteiger partial charge in [-0.25, -0.2) is 9.97 Å². The molecule has 0 radical (unpaired) electrons. The molecule has 4 heterocycles. The van der Waals surface area contributed by atoms with Gasteiger partial charge in [0.1, 0.15) is 23.5 Å². The number of pyridine rings is 2. The molecule has 1 aromatic carbocycles. The second-order valence-corrected chi connectivity index (χ2v) is 8.01. The number of hydrogen-bond acceptors (Lipinski definition) is 7. The van der Waals surface area contributed by atoms with Crippen molar-refractivity contribution in [2.75, 3.05) is 12.1 Å². The molecule has 0 aliphatic carbocycles. The standard InChI is InChI=1S/C27H23N5O3/c33-26(14-21(24-17-34-18-35-24)13-19-7-2-1-3-8-19)31-25-15-23(20-9-6-11-28-16-20)30-27(32-25)22-10-4-5-12-29-22/h1-12,15-17,21H,13-14,18H2,(H,30,31,32,33). The molecule has 0 saturated heterocycles. The van der Waals surface area contributed by atoms with Crippen LogP contribution < -0.4 is 5.32 Å². The first kappa shape index (κ1) is 22.2. The molecule has 0 bridgehead atoms. The van der Waals surface area contributed by atoms with Crippen LogP contribution in [0.5, 0.6) is 0 Å².